The molecule has 1 amide bonds. The maximum atomic E-state index is 11.6. The highest BCUT2D eigenvalue weighted by Crippen LogP contribution is 2.34. The second kappa shape index (κ2) is 7.07. The summed E-state index contributed by atoms with van der Waals surface area (Å²) >= 11 is 0. The Balaban J connectivity index is 2.35. The molecule has 106 valence electrons. The number of likely N-dealkylation sites (N-methyl/N-ethyl adjacent to an activating group) is 1. The molecule has 0 unspecified atom stereocenters. The number of nitrogens with two attached hydrogens (primary N) is 1. The van der Waals surface area contributed by atoms with Crippen molar-refractivity contribution < 1.29 is 9.53 Å². The van der Waals surface area contributed by atoms with Crippen LogP contribution in [-0.4, -0.2) is 55.2 Å². The first-order chi connectivity index (χ1) is 8.57. The van der Waals surface area contributed by atoms with Crippen molar-refractivity contribution in [2.24, 2.45) is 5.73 Å². The number of nitrogens with zero attached hydrogens (tertiary/aromatic N) is 1. The summed E-state index contributed by atoms with van der Waals surface area (Å²) in [4.78, 5) is 13.9. The van der Waals surface area contributed by atoms with Gasteiger partial charge in [-0.1, -0.05) is 13.8 Å². The lowest BCUT2D eigenvalue weighted by Crippen LogP contribution is -2.66. The molecule has 0 aromatic carbocycles. The van der Waals surface area contributed by atoms with E-state index < -0.39 is 5.54 Å². The van der Waals surface area contributed by atoms with E-state index in [4.69, 9.17) is 10.5 Å². The Morgan fingerprint density at radius 3 is 2.44 bits per heavy atom. The van der Waals surface area contributed by atoms with Crippen LogP contribution in [0.1, 0.15) is 33.6 Å². The van der Waals surface area contributed by atoms with Crippen molar-refractivity contribution in [3.05, 3.63) is 0 Å². The molecule has 0 aromatic rings. The molecule has 0 aliphatic heterocycles. The van der Waals surface area contributed by atoms with E-state index in [2.05, 4.69) is 24.1 Å². The third kappa shape index (κ3) is 3.67. The van der Waals surface area contributed by atoms with E-state index in [0.29, 0.717) is 19.4 Å². The summed E-state index contributed by atoms with van der Waals surface area (Å²) in [6, 6.07) is 0. The van der Waals surface area contributed by atoms with Crippen molar-refractivity contribution in [1.82, 2.24) is 10.2 Å². The molecule has 0 aromatic heterocycles. The van der Waals surface area contributed by atoms with Crippen LogP contribution < -0.4 is 11.1 Å². The van der Waals surface area contributed by atoms with Crippen LogP contribution in [0.2, 0.25) is 0 Å². The molecule has 5 nitrogen and oxygen atoms in total. The number of primary amides is 1. The third-order valence-corrected chi connectivity index (χ3v) is 3.81. The zero-order valence-electron chi connectivity index (χ0n) is 11.9. The fourth-order valence-electron chi connectivity index (χ4n) is 2.50. The van der Waals surface area contributed by atoms with E-state index in [1.54, 1.807) is 0 Å². The molecule has 0 bridgehead atoms. The molecule has 0 heterocycles. The van der Waals surface area contributed by atoms with Crippen LogP contribution in [-0.2, 0) is 9.53 Å². The smallest absolute Gasteiger partial charge is 0.237 e. The van der Waals surface area contributed by atoms with Gasteiger partial charge >= 0.3 is 0 Å². The van der Waals surface area contributed by atoms with Crippen molar-refractivity contribution in [2.75, 3.05) is 32.8 Å². The number of amides is 1. The third-order valence-electron chi connectivity index (χ3n) is 3.81. The number of carbonyl (C=O) groups is 1. The van der Waals surface area contributed by atoms with E-state index in [0.717, 1.165) is 26.2 Å². The number of hydrogen-bond donors (Lipinski definition) is 2. The minimum absolute atomic E-state index is 0.184. The number of hydrogen-bond acceptors (Lipinski definition) is 4. The zero-order chi connectivity index (χ0) is 13.6. The van der Waals surface area contributed by atoms with Gasteiger partial charge in [-0.15, -0.1) is 0 Å². The van der Waals surface area contributed by atoms with E-state index >= 15 is 0 Å². The van der Waals surface area contributed by atoms with Gasteiger partial charge in [0.25, 0.3) is 0 Å². The van der Waals surface area contributed by atoms with Gasteiger partial charge in [-0.25, -0.2) is 0 Å². The summed E-state index contributed by atoms with van der Waals surface area (Å²) in [6.07, 6.45) is 1.59. The Morgan fingerprint density at radius 2 is 2.00 bits per heavy atom. The lowest BCUT2D eigenvalue weighted by Gasteiger charge is -2.45. The molecular formula is C13H27N3O2. The van der Waals surface area contributed by atoms with Gasteiger partial charge < -0.3 is 20.7 Å². The summed E-state index contributed by atoms with van der Waals surface area (Å²) in [5.74, 6) is -0.252. The molecule has 0 atom stereocenters. The molecule has 1 fully saturated rings. The first-order valence-electron chi connectivity index (χ1n) is 6.96. The quantitative estimate of drug-likeness (QED) is 0.625. The highest BCUT2D eigenvalue weighted by molar-refractivity contribution is 5.86. The van der Waals surface area contributed by atoms with Gasteiger partial charge in [0.15, 0.2) is 0 Å². The van der Waals surface area contributed by atoms with Crippen molar-refractivity contribution in [2.45, 2.75) is 45.3 Å². The van der Waals surface area contributed by atoms with Gasteiger partial charge in [0.1, 0.15) is 5.54 Å². The minimum Gasteiger partial charge on any atom is -0.378 e. The Labute approximate surface area is 110 Å². The van der Waals surface area contributed by atoms with Crippen LogP contribution in [0.4, 0.5) is 0 Å². The lowest BCUT2D eigenvalue weighted by atomic mass is 9.73. The van der Waals surface area contributed by atoms with Gasteiger partial charge in [-0.3, -0.25) is 4.79 Å². The van der Waals surface area contributed by atoms with Crippen LogP contribution in [0.5, 0.6) is 0 Å². The van der Waals surface area contributed by atoms with E-state index in [-0.39, 0.29) is 12.0 Å². The topological polar surface area (TPSA) is 67.6 Å². The molecule has 5 heteroatoms. The predicted molar refractivity (Wildman–Crippen MR) is 72.4 cm³/mol. The van der Waals surface area contributed by atoms with Gasteiger partial charge in [0.2, 0.25) is 5.91 Å². The van der Waals surface area contributed by atoms with Crippen molar-refractivity contribution >= 4 is 5.91 Å². The Hall–Kier alpha value is -0.650. The Kier molecular flexibility index (Phi) is 6.05. The fourth-order valence-corrected chi connectivity index (χ4v) is 2.50. The van der Waals surface area contributed by atoms with Crippen molar-refractivity contribution in [3.8, 4) is 0 Å². The molecule has 3 N–H and O–H groups in total. The van der Waals surface area contributed by atoms with Crippen LogP contribution in [0.15, 0.2) is 0 Å². The predicted octanol–water partition coefficient (Wildman–Crippen LogP) is 0.341. The number of rotatable bonds is 9. The average molecular weight is 257 g/mol. The Morgan fingerprint density at radius 1 is 1.39 bits per heavy atom. The maximum absolute atomic E-state index is 11.6. The second-order valence-corrected chi connectivity index (χ2v) is 4.89. The zero-order valence-corrected chi connectivity index (χ0v) is 11.9. The van der Waals surface area contributed by atoms with Gasteiger partial charge in [-0.05, 0) is 20.0 Å². The fraction of sp³-hybridized carbons (Fsp3) is 0.923. The summed E-state index contributed by atoms with van der Waals surface area (Å²) in [6.45, 7) is 10.7. The number of carbonyl (C=O) groups excluding carboxylic acids is 1. The molecule has 1 aliphatic carbocycles. The molecule has 1 saturated carbocycles. The first-order valence-corrected chi connectivity index (χ1v) is 6.96. The minimum atomic E-state index is -0.535. The van der Waals surface area contributed by atoms with Crippen molar-refractivity contribution in [1.29, 1.82) is 0 Å². The molecule has 0 saturated heterocycles. The highest BCUT2D eigenvalue weighted by atomic mass is 16.5. The normalized spacial score (nSPS) is 27.2. The maximum Gasteiger partial charge on any atom is 0.237 e. The Bertz CT molecular complexity index is 261. The molecule has 1 rings (SSSR count). The highest BCUT2D eigenvalue weighted by Gasteiger charge is 2.49. The summed E-state index contributed by atoms with van der Waals surface area (Å²) in [5, 5.41) is 3.32. The molecular weight excluding hydrogens is 230 g/mol. The van der Waals surface area contributed by atoms with Crippen LogP contribution in [0.3, 0.4) is 0 Å². The van der Waals surface area contributed by atoms with Crippen molar-refractivity contribution in [3.63, 3.8) is 0 Å². The SMILES string of the molecule is CCOC1CC(NCCN(CC)CC)(C(N)=O)C1. The molecule has 0 radical (unpaired) electrons. The second-order valence-electron chi connectivity index (χ2n) is 4.89. The summed E-state index contributed by atoms with van der Waals surface area (Å²) in [5.41, 5.74) is 4.97. The monoisotopic (exact) mass is 257 g/mol. The van der Waals surface area contributed by atoms with E-state index in [1.807, 2.05) is 6.92 Å². The average Bonchev–Trinajstić information content (AvgIpc) is 2.30. The number of nitrogens with one attached hydrogen (secondary N) is 1. The van der Waals surface area contributed by atoms with Gasteiger partial charge in [0.05, 0.1) is 6.10 Å². The molecule has 0 spiro atoms. The van der Waals surface area contributed by atoms with Gasteiger partial charge in [0, 0.05) is 32.5 Å². The molecule has 18 heavy (non-hydrogen) atoms. The summed E-state index contributed by atoms with van der Waals surface area (Å²) in [7, 11) is 0. The molecule has 1 aliphatic rings. The standard InChI is InChI=1S/C13H27N3O2/c1-4-16(5-2)8-7-15-13(12(14)17)9-11(10-13)18-6-3/h11,15H,4-10H2,1-3H3,(H2,14,17). The van der Waals surface area contributed by atoms with Crippen LogP contribution in [0, 0.1) is 0 Å². The lowest BCUT2D eigenvalue weighted by molar-refractivity contribution is -0.136. The summed E-state index contributed by atoms with van der Waals surface area (Å²) < 4.78 is 5.49. The van der Waals surface area contributed by atoms with E-state index in [9.17, 15) is 4.79 Å². The largest absolute Gasteiger partial charge is 0.378 e. The van der Waals surface area contributed by atoms with Crippen LogP contribution >= 0.6 is 0 Å². The first kappa shape index (κ1) is 15.4. The number of ether oxygens (including phenoxy) is 1. The van der Waals surface area contributed by atoms with Crippen LogP contribution in [0.25, 0.3) is 0 Å². The van der Waals surface area contributed by atoms with Gasteiger partial charge in [-0.2, -0.15) is 0 Å². The van der Waals surface area contributed by atoms with E-state index in [1.165, 1.54) is 0 Å².